The van der Waals surface area contributed by atoms with Crippen molar-refractivity contribution in [2.75, 3.05) is 19.6 Å². The third-order valence-electron chi connectivity index (χ3n) is 4.09. The van der Waals surface area contributed by atoms with Gasteiger partial charge in [0.1, 0.15) is 5.01 Å². The average molecular weight is 388 g/mol. The standard InChI is InChI=1S/C20H29N5OS/c1-5-21-20(24-14-18-22-12-15(4)27-18)23-13-16-8-10-17(11-9-16)19(26)25(6-2)7-3/h8-12H,5-7,13-14H2,1-4H3,(H2,21,23,24). The van der Waals surface area contributed by atoms with Crippen molar-refractivity contribution in [3.63, 3.8) is 0 Å². The van der Waals surface area contributed by atoms with Gasteiger partial charge in [0, 0.05) is 36.3 Å². The van der Waals surface area contributed by atoms with Crippen LogP contribution in [0.25, 0.3) is 0 Å². The highest BCUT2D eigenvalue weighted by Crippen LogP contribution is 2.11. The number of benzene rings is 1. The minimum Gasteiger partial charge on any atom is -0.357 e. The first-order valence-electron chi connectivity index (χ1n) is 9.39. The van der Waals surface area contributed by atoms with Gasteiger partial charge in [0.05, 0.1) is 13.1 Å². The summed E-state index contributed by atoms with van der Waals surface area (Å²) in [6, 6.07) is 7.69. The van der Waals surface area contributed by atoms with Gasteiger partial charge in [0.2, 0.25) is 0 Å². The zero-order valence-electron chi connectivity index (χ0n) is 16.6. The zero-order valence-corrected chi connectivity index (χ0v) is 17.4. The van der Waals surface area contributed by atoms with Gasteiger partial charge in [-0.2, -0.15) is 0 Å². The number of guanidine groups is 1. The number of hydrogen-bond donors (Lipinski definition) is 2. The fraction of sp³-hybridized carbons (Fsp3) is 0.450. The molecule has 2 N–H and O–H groups in total. The summed E-state index contributed by atoms with van der Waals surface area (Å²) in [5, 5.41) is 7.59. The van der Waals surface area contributed by atoms with Crippen molar-refractivity contribution in [3.05, 3.63) is 51.5 Å². The molecular formula is C20H29N5OS. The highest BCUT2D eigenvalue weighted by Gasteiger charge is 2.11. The van der Waals surface area contributed by atoms with E-state index in [1.807, 2.05) is 56.1 Å². The van der Waals surface area contributed by atoms with Gasteiger partial charge in [-0.15, -0.1) is 11.3 Å². The number of hydrogen-bond acceptors (Lipinski definition) is 4. The minimum absolute atomic E-state index is 0.0730. The van der Waals surface area contributed by atoms with Gasteiger partial charge in [0.25, 0.3) is 5.91 Å². The number of nitrogens with zero attached hydrogens (tertiary/aromatic N) is 3. The number of aryl methyl sites for hydroxylation is 1. The maximum Gasteiger partial charge on any atom is 0.253 e. The van der Waals surface area contributed by atoms with Crippen molar-refractivity contribution in [1.82, 2.24) is 20.5 Å². The predicted octanol–water partition coefficient (Wildman–Crippen LogP) is 3.19. The van der Waals surface area contributed by atoms with E-state index >= 15 is 0 Å². The Labute approximate surface area is 165 Å². The molecule has 2 aromatic rings. The smallest absolute Gasteiger partial charge is 0.253 e. The molecule has 1 aromatic carbocycles. The van der Waals surface area contributed by atoms with Crippen LogP contribution in [0.4, 0.5) is 0 Å². The summed E-state index contributed by atoms with van der Waals surface area (Å²) in [5.41, 5.74) is 1.78. The van der Waals surface area contributed by atoms with Gasteiger partial charge in [-0.1, -0.05) is 12.1 Å². The number of aliphatic imine (C=N–C) groups is 1. The largest absolute Gasteiger partial charge is 0.357 e. The second kappa shape index (κ2) is 10.7. The molecule has 1 heterocycles. The van der Waals surface area contributed by atoms with Gasteiger partial charge >= 0.3 is 0 Å². The molecule has 6 nitrogen and oxygen atoms in total. The summed E-state index contributed by atoms with van der Waals surface area (Å²) in [4.78, 5) is 24.4. The Morgan fingerprint density at radius 2 is 1.85 bits per heavy atom. The number of amides is 1. The SMILES string of the molecule is CCNC(=NCc1ccc(C(=O)N(CC)CC)cc1)NCc1ncc(C)s1. The van der Waals surface area contributed by atoms with E-state index in [4.69, 9.17) is 0 Å². The first-order valence-corrected chi connectivity index (χ1v) is 10.2. The lowest BCUT2D eigenvalue weighted by atomic mass is 10.1. The molecule has 0 saturated carbocycles. The molecule has 0 atom stereocenters. The van der Waals surface area contributed by atoms with Crippen molar-refractivity contribution in [1.29, 1.82) is 0 Å². The molecule has 27 heavy (non-hydrogen) atoms. The summed E-state index contributed by atoms with van der Waals surface area (Å²) < 4.78 is 0. The van der Waals surface area contributed by atoms with Crippen LogP contribution in [-0.4, -0.2) is 41.4 Å². The van der Waals surface area contributed by atoms with Crippen molar-refractivity contribution >= 4 is 23.2 Å². The third kappa shape index (κ3) is 6.36. The van der Waals surface area contributed by atoms with Crippen LogP contribution in [0, 0.1) is 6.92 Å². The minimum atomic E-state index is 0.0730. The van der Waals surface area contributed by atoms with E-state index in [1.165, 1.54) is 4.88 Å². The molecule has 0 bridgehead atoms. The summed E-state index contributed by atoms with van der Waals surface area (Å²) >= 11 is 1.68. The van der Waals surface area contributed by atoms with Crippen molar-refractivity contribution < 1.29 is 4.79 Å². The molecule has 0 aliphatic heterocycles. The summed E-state index contributed by atoms with van der Waals surface area (Å²) in [5.74, 6) is 0.831. The Balaban J connectivity index is 1.97. The number of aromatic nitrogens is 1. The number of carbonyl (C=O) groups excluding carboxylic acids is 1. The van der Waals surface area contributed by atoms with Gasteiger partial charge in [-0.25, -0.2) is 9.98 Å². The van der Waals surface area contributed by atoms with Crippen LogP contribution in [-0.2, 0) is 13.1 Å². The molecule has 1 aromatic heterocycles. The molecule has 1 amide bonds. The molecular weight excluding hydrogens is 358 g/mol. The number of rotatable bonds is 8. The zero-order chi connectivity index (χ0) is 19.6. The molecule has 0 unspecified atom stereocenters. The molecule has 0 aliphatic carbocycles. The monoisotopic (exact) mass is 387 g/mol. The summed E-state index contributed by atoms with van der Waals surface area (Å²) in [6.45, 7) is 11.5. The highest BCUT2D eigenvalue weighted by atomic mass is 32.1. The Bertz CT molecular complexity index is 750. The lowest BCUT2D eigenvalue weighted by molar-refractivity contribution is 0.0773. The number of nitrogens with one attached hydrogen (secondary N) is 2. The van der Waals surface area contributed by atoms with Gasteiger partial charge in [0.15, 0.2) is 5.96 Å². The lowest BCUT2D eigenvalue weighted by Gasteiger charge is -2.18. The van der Waals surface area contributed by atoms with Crippen LogP contribution in [0.15, 0.2) is 35.5 Å². The third-order valence-corrected chi connectivity index (χ3v) is 5.00. The van der Waals surface area contributed by atoms with Gasteiger partial charge < -0.3 is 15.5 Å². The number of thiazole rings is 1. The van der Waals surface area contributed by atoms with Crippen molar-refractivity contribution in [3.8, 4) is 0 Å². The topological polar surface area (TPSA) is 69.6 Å². The fourth-order valence-corrected chi connectivity index (χ4v) is 3.33. The van der Waals surface area contributed by atoms with Crippen LogP contribution < -0.4 is 10.6 Å². The molecule has 0 fully saturated rings. The first-order chi connectivity index (χ1) is 13.1. The first kappa shape index (κ1) is 20.9. The molecule has 0 aliphatic rings. The van der Waals surface area contributed by atoms with E-state index in [2.05, 4.69) is 27.5 Å². The van der Waals surface area contributed by atoms with Crippen LogP contribution in [0.2, 0.25) is 0 Å². The van der Waals surface area contributed by atoms with Crippen LogP contribution >= 0.6 is 11.3 Å². The van der Waals surface area contributed by atoms with Crippen LogP contribution in [0.3, 0.4) is 0 Å². The van der Waals surface area contributed by atoms with E-state index in [0.717, 1.165) is 41.7 Å². The molecule has 7 heteroatoms. The normalized spacial score (nSPS) is 11.3. The second-order valence-corrected chi connectivity index (χ2v) is 7.41. The molecule has 146 valence electrons. The van der Waals surface area contributed by atoms with E-state index in [1.54, 1.807) is 11.3 Å². The van der Waals surface area contributed by atoms with E-state index in [9.17, 15) is 4.79 Å². The highest BCUT2D eigenvalue weighted by molar-refractivity contribution is 7.11. The predicted molar refractivity (Wildman–Crippen MR) is 112 cm³/mol. The van der Waals surface area contributed by atoms with E-state index in [-0.39, 0.29) is 5.91 Å². The van der Waals surface area contributed by atoms with Gasteiger partial charge in [-0.3, -0.25) is 4.79 Å². The second-order valence-electron chi connectivity index (χ2n) is 6.09. The molecule has 2 rings (SSSR count). The van der Waals surface area contributed by atoms with Gasteiger partial charge in [-0.05, 0) is 45.4 Å². The van der Waals surface area contributed by atoms with E-state index in [0.29, 0.717) is 13.1 Å². The Morgan fingerprint density at radius 1 is 1.15 bits per heavy atom. The summed E-state index contributed by atoms with van der Waals surface area (Å²) in [6.07, 6.45) is 1.88. The van der Waals surface area contributed by atoms with Crippen LogP contribution in [0.5, 0.6) is 0 Å². The molecule has 0 spiro atoms. The van der Waals surface area contributed by atoms with Crippen molar-refractivity contribution in [2.24, 2.45) is 4.99 Å². The number of carbonyl (C=O) groups is 1. The van der Waals surface area contributed by atoms with E-state index < -0.39 is 0 Å². The quantitative estimate of drug-likeness (QED) is 0.539. The Kier molecular flexibility index (Phi) is 8.26. The summed E-state index contributed by atoms with van der Waals surface area (Å²) in [7, 11) is 0. The molecule has 0 radical (unpaired) electrons. The maximum absolute atomic E-state index is 12.4. The fourth-order valence-electron chi connectivity index (χ4n) is 2.60. The lowest BCUT2D eigenvalue weighted by Crippen LogP contribution is -2.36. The molecule has 0 saturated heterocycles. The maximum atomic E-state index is 12.4. The Morgan fingerprint density at radius 3 is 2.41 bits per heavy atom. The van der Waals surface area contributed by atoms with Crippen LogP contribution in [0.1, 0.15) is 46.6 Å². The van der Waals surface area contributed by atoms with Crippen molar-refractivity contribution in [2.45, 2.75) is 40.8 Å². The average Bonchev–Trinajstić information content (AvgIpc) is 3.10. The Hall–Kier alpha value is -2.41.